The van der Waals surface area contributed by atoms with Crippen LogP contribution in [0.25, 0.3) is 44.5 Å². The van der Waals surface area contributed by atoms with Gasteiger partial charge in [0.15, 0.2) is 0 Å². The van der Waals surface area contributed by atoms with Crippen molar-refractivity contribution in [1.29, 1.82) is 0 Å². The van der Waals surface area contributed by atoms with Crippen molar-refractivity contribution in [1.82, 2.24) is 0 Å². The lowest BCUT2D eigenvalue weighted by Gasteiger charge is -2.44. The van der Waals surface area contributed by atoms with Crippen LogP contribution >= 0.6 is 0 Å². The van der Waals surface area contributed by atoms with Crippen LogP contribution < -0.4 is 26.2 Å². The molecular weight excluding hydrogens is 687 g/mol. The van der Waals surface area contributed by atoms with E-state index in [2.05, 4.69) is 234 Å². The molecule has 9 aromatic rings. The predicted octanol–water partition coefficient (Wildman–Crippen LogP) is 12.4. The zero-order valence-electron chi connectivity index (χ0n) is 31.3. The monoisotopic (exact) mass is 724 g/mol. The fraction of sp³-hybridized carbons (Fsp3) is 0. The summed E-state index contributed by atoms with van der Waals surface area (Å²) in [6.45, 7) is 0.00178. The van der Waals surface area contributed by atoms with E-state index in [0.717, 1.165) is 11.4 Å². The summed E-state index contributed by atoms with van der Waals surface area (Å²) < 4.78 is 0. The molecule has 0 atom stereocenters. The van der Waals surface area contributed by atoms with E-state index in [9.17, 15) is 0 Å². The minimum Gasteiger partial charge on any atom is -0.311 e. The Morgan fingerprint density at radius 1 is 0.263 bits per heavy atom. The summed E-state index contributed by atoms with van der Waals surface area (Å²) >= 11 is 0. The maximum atomic E-state index is 2.51. The predicted molar refractivity (Wildman–Crippen MR) is 242 cm³/mol. The molecule has 0 saturated heterocycles. The maximum Gasteiger partial charge on any atom is 0.252 e. The molecule has 11 rings (SSSR count). The maximum absolute atomic E-state index is 2.51. The number of rotatable bonds is 6. The molecule has 2 aliphatic heterocycles. The van der Waals surface area contributed by atoms with Crippen molar-refractivity contribution in [2.24, 2.45) is 0 Å². The van der Waals surface area contributed by atoms with Crippen LogP contribution in [0.4, 0.5) is 34.1 Å². The second-order valence-corrected chi connectivity index (χ2v) is 14.9. The summed E-state index contributed by atoms with van der Waals surface area (Å²) in [6, 6.07) is 82.0. The molecule has 2 heterocycles. The Labute approximate surface area is 334 Å². The molecule has 0 unspecified atom stereocenters. The molecule has 0 spiro atoms. The van der Waals surface area contributed by atoms with E-state index in [0.29, 0.717) is 0 Å². The van der Waals surface area contributed by atoms with Gasteiger partial charge in [-0.3, -0.25) is 0 Å². The first-order chi connectivity index (χ1) is 28.3. The van der Waals surface area contributed by atoms with E-state index in [1.807, 2.05) is 0 Å². The largest absolute Gasteiger partial charge is 0.311 e. The fourth-order valence-corrected chi connectivity index (χ4v) is 9.09. The molecule has 0 saturated carbocycles. The van der Waals surface area contributed by atoms with Gasteiger partial charge in [0.05, 0.1) is 0 Å². The third kappa shape index (κ3) is 5.59. The Morgan fingerprint density at radius 3 is 1.21 bits per heavy atom. The van der Waals surface area contributed by atoms with Gasteiger partial charge in [-0.2, -0.15) is 0 Å². The molecule has 0 aliphatic carbocycles. The Balaban J connectivity index is 1.20. The van der Waals surface area contributed by atoms with E-state index in [-0.39, 0.29) is 6.71 Å². The molecule has 0 N–H and O–H groups in total. The quantitative estimate of drug-likeness (QED) is 0.158. The molecule has 266 valence electrons. The highest BCUT2D eigenvalue weighted by molar-refractivity contribution is 7.00. The van der Waals surface area contributed by atoms with Gasteiger partial charge in [-0.25, -0.2) is 0 Å². The number of fused-ring (bicyclic) bond motifs is 4. The van der Waals surface area contributed by atoms with E-state index in [1.165, 1.54) is 83.6 Å². The van der Waals surface area contributed by atoms with Crippen LogP contribution in [0.5, 0.6) is 0 Å². The van der Waals surface area contributed by atoms with Crippen LogP contribution in [0.15, 0.2) is 224 Å². The minimum atomic E-state index is 0.00178. The molecular formula is C54H37BN2. The Kier molecular flexibility index (Phi) is 7.96. The average Bonchev–Trinajstić information content (AvgIpc) is 3.30. The highest BCUT2D eigenvalue weighted by atomic mass is 15.2. The normalized spacial score (nSPS) is 12.5. The van der Waals surface area contributed by atoms with Gasteiger partial charge >= 0.3 is 0 Å². The summed E-state index contributed by atoms with van der Waals surface area (Å²) in [6.07, 6.45) is 0. The third-order valence-electron chi connectivity index (χ3n) is 11.6. The van der Waals surface area contributed by atoms with Gasteiger partial charge in [0, 0.05) is 34.1 Å². The van der Waals surface area contributed by atoms with Gasteiger partial charge in [-0.15, -0.1) is 0 Å². The zero-order valence-corrected chi connectivity index (χ0v) is 31.3. The van der Waals surface area contributed by atoms with Crippen LogP contribution in [0, 0.1) is 0 Å². The summed E-state index contributed by atoms with van der Waals surface area (Å²) in [7, 11) is 0. The highest BCUT2D eigenvalue weighted by Crippen LogP contribution is 2.46. The first-order valence-electron chi connectivity index (χ1n) is 19.7. The lowest BCUT2D eigenvalue weighted by atomic mass is 9.33. The Morgan fingerprint density at radius 2 is 0.702 bits per heavy atom. The van der Waals surface area contributed by atoms with Crippen molar-refractivity contribution in [3.8, 4) is 44.5 Å². The summed E-state index contributed by atoms with van der Waals surface area (Å²) in [5.41, 5.74) is 20.7. The van der Waals surface area contributed by atoms with Gasteiger partial charge in [0.1, 0.15) is 0 Å². The highest BCUT2D eigenvalue weighted by Gasteiger charge is 2.43. The van der Waals surface area contributed by atoms with Gasteiger partial charge in [-0.1, -0.05) is 176 Å². The number of anilines is 6. The number of benzene rings is 9. The van der Waals surface area contributed by atoms with Crippen LogP contribution in [-0.2, 0) is 0 Å². The van der Waals surface area contributed by atoms with Crippen molar-refractivity contribution >= 4 is 57.2 Å². The van der Waals surface area contributed by atoms with E-state index < -0.39 is 0 Å². The van der Waals surface area contributed by atoms with E-state index in [4.69, 9.17) is 0 Å². The molecule has 0 fully saturated rings. The molecule has 2 aliphatic rings. The average molecular weight is 725 g/mol. The molecule has 9 aromatic carbocycles. The lowest BCUT2D eigenvalue weighted by molar-refractivity contribution is 1.25. The van der Waals surface area contributed by atoms with Crippen molar-refractivity contribution < 1.29 is 0 Å². The zero-order chi connectivity index (χ0) is 37.7. The first-order valence-corrected chi connectivity index (χ1v) is 19.7. The topological polar surface area (TPSA) is 6.48 Å². The molecule has 57 heavy (non-hydrogen) atoms. The SMILES string of the molecule is c1ccc(-c2ccc3c(c2)B2c4cc(-c5ccccc5)ccc4N(c4ccc(-c5ccccc5)c(-c5ccccc5)c4)c4cccc(c42)N3c2ccccc2)cc1. The molecule has 3 heteroatoms. The van der Waals surface area contributed by atoms with Crippen LogP contribution in [-0.4, -0.2) is 6.71 Å². The van der Waals surface area contributed by atoms with Crippen LogP contribution in [0.2, 0.25) is 0 Å². The summed E-state index contributed by atoms with van der Waals surface area (Å²) in [5, 5.41) is 0. The summed E-state index contributed by atoms with van der Waals surface area (Å²) in [4.78, 5) is 4.98. The fourth-order valence-electron chi connectivity index (χ4n) is 9.09. The van der Waals surface area contributed by atoms with Crippen LogP contribution in [0.3, 0.4) is 0 Å². The van der Waals surface area contributed by atoms with Crippen molar-refractivity contribution in [3.63, 3.8) is 0 Å². The molecule has 0 amide bonds. The van der Waals surface area contributed by atoms with Gasteiger partial charge < -0.3 is 9.80 Å². The number of nitrogens with zero attached hydrogens (tertiary/aromatic N) is 2. The number of para-hydroxylation sites is 1. The number of hydrogen-bond acceptors (Lipinski definition) is 2. The van der Waals surface area contributed by atoms with Crippen molar-refractivity contribution in [2.45, 2.75) is 0 Å². The first kappa shape index (κ1) is 33.0. The third-order valence-corrected chi connectivity index (χ3v) is 11.6. The van der Waals surface area contributed by atoms with Gasteiger partial charge in [-0.05, 0) is 109 Å². The Hall–Kier alpha value is -7.36. The Bertz CT molecular complexity index is 2890. The van der Waals surface area contributed by atoms with Crippen molar-refractivity contribution in [3.05, 3.63) is 224 Å². The van der Waals surface area contributed by atoms with Crippen LogP contribution in [0.1, 0.15) is 0 Å². The second-order valence-electron chi connectivity index (χ2n) is 14.9. The molecule has 0 radical (unpaired) electrons. The smallest absolute Gasteiger partial charge is 0.252 e. The number of hydrogen-bond donors (Lipinski definition) is 0. The molecule has 0 aromatic heterocycles. The second kappa shape index (κ2) is 13.7. The van der Waals surface area contributed by atoms with Crippen molar-refractivity contribution in [2.75, 3.05) is 9.80 Å². The van der Waals surface area contributed by atoms with Gasteiger partial charge in [0.2, 0.25) is 0 Å². The lowest BCUT2D eigenvalue weighted by Crippen LogP contribution is -2.61. The molecule has 2 nitrogen and oxygen atoms in total. The van der Waals surface area contributed by atoms with E-state index in [1.54, 1.807) is 0 Å². The standard InChI is InChI=1S/C54H37BN2/c1-6-17-38(18-7-1)42-29-33-50-48(35-42)55-49-36-43(39-19-8-2-9-20-39)30-34-51(49)57(53-28-16-27-52(54(53)55)56(50)44-25-14-5-15-26-44)45-31-32-46(40-21-10-3-11-22-40)47(37-45)41-23-12-4-13-24-41/h1-37H. The molecule has 0 bridgehead atoms. The minimum absolute atomic E-state index is 0.00178. The summed E-state index contributed by atoms with van der Waals surface area (Å²) in [5.74, 6) is 0. The van der Waals surface area contributed by atoms with E-state index >= 15 is 0 Å². The van der Waals surface area contributed by atoms with Gasteiger partial charge in [0.25, 0.3) is 6.71 Å².